The molecule has 1 aliphatic rings. The van der Waals surface area contributed by atoms with Crippen LogP contribution in [0.25, 0.3) is 0 Å². The Morgan fingerprint density at radius 3 is 2.89 bits per heavy atom. The van der Waals surface area contributed by atoms with E-state index in [2.05, 4.69) is 14.5 Å². The smallest absolute Gasteiger partial charge is 0.227 e. The summed E-state index contributed by atoms with van der Waals surface area (Å²) in [7, 11) is 0. The van der Waals surface area contributed by atoms with Gasteiger partial charge in [0, 0.05) is 37.6 Å². The minimum absolute atomic E-state index is 0.0955. The SMILES string of the molecule is O=C(Cc1cccc(O)c1)N1CCC[C@H](c2nccn2Cc2ccccn2)C1. The average molecular weight is 376 g/mol. The van der Waals surface area contributed by atoms with Gasteiger partial charge in [-0.05, 0) is 42.7 Å². The van der Waals surface area contributed by atoms with E-state index in [1.807, 2.05) is 41.6 Å². The van der Waals surface area contributed by atoms with Crippen molar-refractivity contribution < 1.29 is 9.90 Å². The van der Waals surface area contributed by atoms with E-state index in [9.17, 15) is 9.90 Å². The Bertz CT molecular complexity index is 938. The molecule has 1 N–H and O–H groups in total. The van der Waals surface area contributed by atoms with Gasteiger partial charge in [-0.1, -0.05) is 18.2 Å². The number of imidazole rings is 1. The molecule has 1 atom stereocenters. The van der Waals surface area contributed by atoms with Crippen LogP contribution in [0.5, 0.6) is 5.75 Å². The van der Waals surface area contributed by atoms with E-state index >= 15 is 0 Å². The van der Waals surface area contributed by atoms with Gasteiger partial charge in [-0.25, -0.2) is 4.98 Å². The van der Waals surface area contributed by atoms with Crippen LogP contribution in [0.1, 0.15) is 35.8 Å². The zero-order valence-electron chi connectivity index (χ0n) is 15.7. The maximum Gasteiger partial charge on any atom is 0.227 e. The lowest BCUT2D eigenvalue weighted by Gasteiger charge is -2.33. The minimum atomic E-state index is 0.0955. The van der Waals surface area contributed by atoms with E-state index < -0.39 is 0 Å². The summed E-state index contributed by atoms with van der Waals surface area (Å²) in [5.74, 6) is 1.53. The van der Waals surface area contributed by atoms with Crippen LogP contribution in [0.2, 0.25) is 0 Å². The molecule has 28 heavy (non-hydrogen) atoms. The molecule has 6 nitrogen and oxygen atoms in total. The van der Waals surface area contributed by atoms with Crippen molar-refractivity contribution in [1.29, 1.82) is 0 Å². The van der Waals surface area contributed by atoms with Gasteiger partial charge in [-0.15, -0.1) is 0 Å². The Balaban J connectivity index is 1.44. The van der Waals surface area contributed by atoms with Gasteiger partial charge in [0.25, 0.3) is 0 Å². The Morgan fingerprint density at radius 1 is 1.14 bits per heavy atom. The topological polar surface area (TPSA) is 71.2 Å². The lowest BCUT2D eigenvalue weighted by molar-refractivity contribution is -0.131. The van der Waals surface area contributed by atoms with Crippen molar-refractivity contribution in [2.75, 3.05) is 13.1 Å². The average Bonchev–Trinajstić information content (AvgIpc) is 3.17. The van der Waals surface area contributed by atoms with Crippen molar-refractivity contribution in [3.8, 4) is 5.75 Å². The number of nitrogens with zero attached hydrogens (tertiary/aromatic N) is 4. The monoisotopic (exact) mass is 376 g/mol. The number of benzene rings is 1. The molecule has 0 unspecified atom stereocenters. The Hall–Kier alpha value is -3.15. The second-order valence-corrected chi connectivity index (χ2v) is 7.26. The van der Waals surface area contributed by atoms with Gasteiger partial charge < -0.3 is 14.6 Å². The van der Waals surface area contributed by atoms with Crippen molar-refractivity contribution >= 4 is 5.91 Å². The highest BCUT2D eigenvalue weighted by atomic mass is 16.3. The second kappa shape index (κ2) is 8.25. The van der Waals surface area contributed by atoms with Gasteiger partial charge in [0.2, 0.25) is 5.91 Å². The predicted molar refractivity (Wildman–Crippen MR) is 106 cm³/mol. The summed E-state index contributed by atoms with van der Waals surface area (Å²) in [4.78, 5) is 23.7. The highest BCUT2D eigenvalue weighted by Gasteiger charge is 2.27. The van der Waals surface area contributed by atoms with Crippen LogP contribution in [0.15, 0.2) is 61.1 Å². The number of likely N-dealkylation sites (tertiary alicyclic amines) is 1. The van der Waals surface area contributed by atoms with Crippen molar-refractivity contribution in [2.45, 2.75) is 31.7 Å². The number of aromatic nitrogens is 3. The maximum absolute atomic E-state index is 12.8. The van der Waals surface area contributed by atoms with Gasteiger partial charge in [0.15, 0.2) is 0 Å². The quantitative estimate of drug-likeness (QED) is 0.743. The molecular formula is C22H24N4O2. The third kappa shape index (κ3) is 4.22. The zero-order chi connectivity index (χ0) is 19.3. The fraction of sp³-hybridized carbons (Fsp3) is 0.318. The normalized spacial score (nSPS) is 16.9. The summed E-state index contributed by atoms with van der Waals surface area (Å²) in [6.45, 7) is 2.13. The Morgan fingerprint density at radius 2 is 2.07 bits per heavy atom. The predicted octanol–water partition coefficient (Wildman–Crippen LogP) is 2.98. The molecule has 0 radical (unpaired) electrons. The van der Waals surface area contributed by atoms with Crippen LogP contribution in [-0.4, -0.2) is 43.5 Å². The van der Waals surface area contributed by atoms with E-state index in [1.165, 1.54) is 0 Å². The first-order chi connectivity index (χ1) is 13.7. The first-order valence-electron chi connectivity index (χ1n) is 9.65. The molecule has 1 saturated heterocycles. The summed E-state index contributed by atoms with van der Waals surface area (Å²) in [5, 5.41) is 9.61. The molecule has 0 bridgehead atoms. The number of hydrogen-bond acceptors (Lipinski definition) is 4. The summed E-state index contributed by atoms with van der Waals surface area (Å²) in [5.41, 5.74) is 1.83. The number of phenolic OH excluding ortho intramolecular Hbond substituents is 1. The molecular weight excluding hydrogens is 352 g/mol. The van der Waals surface area contributed by atoms with Gasteiger partial charge in [-0.2, -0.15) is 0 Å². The van der Waals surface area contributed by atoms with Crippen LogP contribution in [-0.2, 0) is 17.8 Å². The molecule has 3 heterocycles. The largest absolute Gasteiger partial charge is 0.508 e. The minimum Gasteiger partial charge on any atom is -0.508 e. The van der Waals surface area contributed by atoms with E-state index in [1.54, 1.807) is 24.4 Å². The third-order valence-electron chi connectivity index (χ3n) is 5.21. The van der Waals surface area contributed by atoms with Crippen LogP contribution in [0.4, 0.5) is 0 Å². The van der Waals surface area contributed by atoms with Crippen molar-refractivity contribution in [3.05, 3.63) is 78.1 Å². The number of piperidine rings is 1. The van der Waals surface area contributed by atoms with Crippen molar-refractivity contribution in [1.82, 2.24) is 19.4 Å². The highest BCUT2D eigenvalue weighted by molar-refractivity contribution is 5.79. The van der Waals surface area contributed by atoms with Crippen LogP contribution >= 0.6 is 0 Å². The van der Waals surface area contributed by atoms with E-state index in [4.69, 9.17) is 0 Å². The molecule has 2 aromatic heterocycles. The summed E-state index contributed by atoms with van der Waals surface area (Å²) in [6.07, 6.45) is 7.91. The Kier molecular flexibility index (Phi) is 5.37. The number of carbonyl (C=O) groups excluding carboxylic acids is 1. The summed E-state index contributed by atoms with van der Waals surface area (Å²) in [6, 6.07) is 12.8. The third-order valence-corrected chi connectivity index (χ3v) is 5.21. The molecule has 0 saturated carbocycles. The van der Waals surface area contributed by atoms with E-state index in [0.717, 1.165) is 36.5 Å². The fourth-order valence-corrected chi connectivity index (χ4v) is 3.85. The molecule has 144 valence electrons. The molecule has 4 rings (SSSR count). The maximum atomic E-state index is 12.8. The van der Waals surface area contributed by atoms with Gasteiger partial charge >= 0.3 is 0 Å². The van der Waals surface area contributed by atoms with E-state index in [-0.39, 0.29) is 17.6 Å². The number of hydrogen-bond donors (Lipinski definition) is 1. The first kappa shape index (κ1) is 18.2. The van der Waals surface area contributed by atoms with Crippen LogP contribution in [0, 0.1) is 0 Å². The molecule has 1 amide bonds. The summed E-state index contributed by atoms with van der Waals surface area (Å²) < 4.78 is 2.14. The highest BCUT2D eigenvalue weighted by Crippen LogP contribution is 2.27. The number of amides is 1. The van der Waals surface area contributed by atoms with E-state index in [0.29, 0.717) is 19.5 Å². The lowest BCUT2D eigenvalue weighted by Crippen LogP contribution is -2.40. The molecule has 0 spiro atoms. The zero-order valence-corrected chi connectivity index (χ0v) is 15.7. The molecule has 1 aliphatic heterocycles. The molecule has 3 aromatic rings. The number of aromatic hydroxyl groups is 1. The fourth-order valence-electron chi connectivity index (χ4n) is 3.85. The van der Waals surface area contributed by atoms with Crippen molar-refractivity contribution in [3.63, 3.8) is 0 Å². The van der Waals surface area contributed by atoms with Crippen LogP contribution in [0.3, 0.4) is 0 Å². The number of phenols is 1. The molecule has 0 aliphatic carbocycles. The molecule has 1 fully saturated rings. The first-order valence-corrected chi connectivity index (χ1v) is 9.65. The number of pyridine rings is 1. The van der Waals surface area contributed by atoms with Gasteiger partial charge in [0.05, 0.1) is 18.7 Å². The van der Waals surface area contributed by atoms with Gasteiger partial charge in [-0.3, -0.25) is 9.78 Å². The molecule has 6 heteroatoms. The lowest BCUT2D eigenvalue weighted by atomic mass is 9.96. The molecule has 1 aromatic carbocycles. The van der Waals surface area contributed by atoms with Crippen molar-refractivity contribution in [2.24, 2.45) is 0 Å². The van der Waals surface area contributed by atoms with Crippen LogP contribution < -0.4 is 0 Å². The number of carbonyl (C=O) groups is 1. The van der Waals surface area contributed by atoms with Gasteiger partial charge in [0.1, 0.15) is 11.6 Å². The second-order valence-electron chi connectivity index (χ2n) is 7.26. The standard InChI is InChI=1S/C22H24N4O2/c27-20-8-3-5-17(13-20)14-21(28)25-11-4-6-18(15-25)22-24-10-12-26(22)16-19-7-1-2-9-23-19/h1-3,5,7-10,12-13,18,27H,4,6,11,14-16H2/t18-/m0/s1. The number of rotatable bonds is 5. The Labute approximate surface area is 164 Å². The summed E-state index contributed by atoms with van der Waals surface area (Å²) >= 11 is 0.